The number of pyridine rings is 1. The molecular formula is C15H18N2O. The molecule has 2 aromatic rings. The molecule has 0 saturated heterocycles. The van der Waals surface area contributed by atoms with E-state index in [4.69, 9.17) is 10.5 Å². The van der Waals surface area contributed by atoms with E-state index in [1.807, 2.05) is 56.3 Å². The number of aromatic nitrogens is 1. The molecule has 0 spiro atoms. The van der Waals surface area contributed by atoms with E-state index in [0.717, 1.165) is 16.8 Å². The number of hydrogen-bond acceptors (Lipinski definition) is 3. The van der Waals surface area contributed by atoms with Crippen LogP contribution in [0.4, 0.5) is 0 Å². The molecule has 0 aliphatic heterocycles. The molecule has 0 radical (unpaired) electrons. The van der Waals surface area contributed by atoms with Crippen LogP contribution in [0.15, 0.2) is 42.5 Å². The molecule has 1 atom stereocenters. The molecular weight excluding hydrogens is 224 g/mol. The third kappa shape index (κ3) is 2.68. The first-order valence-electron chi connectivity index (χ1n) is 6.13. The standard InChI is InChI=1S/C15H18N2O/c1-3-18-14-10-9-13(11(2)17-14)15(16)12-7-5-4-6-8-12/h4-10,15H,3,16H2,1-2H3. The molecule has 0 aliphatic rings. The fourth-order valence-corrected chi connectivity index (χ4v) is 1.95. The highest BCUT2D eigenvalue weighted by Crippen LogP contribution is 2.23. The maximum atomic E-state index is 6.26. The first-order chi connectivity index (χ1) is 8.72. The highest BCUT2D eigenvalue weighted by atomic mass is 16.5. The minimum atomic E-state index is -0.144. The summed E-state index contributed by atoms with van der Waals surface area (Å²) in [4.78, 5) is 4.41. The molecule has 3 nitrogen and oxygen atoms in total. The summed E-state index contributed by atoms with van der Waals surface area (Å²) in [5, 5.41) is 0. The van der Waals surface area contributed by atoms with Gasteiger partial charge in [-0.3, -0.25) is 0 Å². The highest BCUT2D eigenvalue weighted by Gasteiger charge is 2.12. The van der Waals surface area contributed by atoms with Crippen molar-refractivity contribution in [1.82, 2.24) is 4.98 Å². The normalized spacial score (nSPS) is 12.2. The number of nitrogens with two attached hydrogens (primary N) is 1. The quantitative estimate of drug-likeness (QED) is 0.896. The lowest BCUT2D eigenvalue weighted by Gasteiger charge is -2.15. The van der Waals surface area contributed by atoms with Gasteiger partial charge in [-0.25, -0.2) is 4.98 Å². The van der Waals surface area contributed by atoms with Crippen LogP contribution >= 0.6 is 0 Å². The van der Waals surface area contributed by atoms with Crippen LogP contribution in [0.1, 0.15) is 29.8 Å². The number of hydrogen-bond donors (Lipinski definition) is 1. The Morgan fingerprint density at radius 3 is 2.50 bits per heavy atom. The molecule has 2 N–H and O–H groups in total. The molecule has 18 heavy (non-hydrogen) atoms. The third-order valence-corrected chi connectivity index (χ3v) is 2.89. The van der Waals surface area contributed by atoms with E-state index in [0.29, 0.717) is 12.5 Å². The van der Waals surface area contributed by atoms with E-state index in [1.54, 1.807) is 0 Å². The molecule has 0 amide bonds. The zero-order valence-electron chi connectivity index (χ0n) is 10.8. The van der Waals surface area contributed by atoms with Crippen LogP contribution in [0.2, 0.25) is 0 Å². The molecule has 3 heteroatoms. The summed E-state index contributed by atoms with van der Waals surface area (Å²) in [7, 11) is 0. The number of aryl methyl sites for hydroxylation is 1. The first kappa shape index (κ1) is 12.6. The zero-order chi connectivity index (χ0) is 13.0. The van der Waals surface area contributed by atoms with Gasteiger partial charge >= 0.3 is 0 Å². The van der Waals surface area contributed by atoms with Gasteiger partial charge in [-0.1, -0.05) is 30.3 Å². The Bertz CT molecular complexity index is 511. The van der Waals surface area contributed by atoms with Crippen molar-refractivity contribution in [2.45, 2.75) is 19.9 Å². The predicted octanol–water partition coefficient (Wildman–Crippen LogP) is 2.84. The van der Waals surface area contributed by atoms with Crippen molar-refractivity contribution >= 4 is 0 Å². The smallest absolute Gasteiger partial charge is 0.213 e. The first-order valence-corrected chi connectivity index (χ1v) is 6.13. The zero-order valence-corrected chi connectivity index (χ0v) is 10.8. The van der Waals surface area contributed by atoms with E-state index in [9.17, 15) is 0 Å². The molecule has 1 aromatic carbocycles. The Morgan fingerprint density at radius 1 is 1.17 bits per heavy atom. The predicted molar refractivity (Wildman–Crippen MR) is 72.6 cm³/mol. The van der Waals surface area contributed by atoms with Crippen molar-refractivity contribution < 1.29 is 4.74 Å². The largest absolute Gasteiger partial charge is 0.478 e. The van der Waals surface area contributed by atoms with E-state index < -0.39 is 0 Å². The Kier molecular flexibility index (Phi) is 3.95. The van der Waals surface area contributed by atoms with Crippen molar-refractivity contribution in [2.75, 3.05) is 6.61 Å². The van der Waals surface area contributed by atoms with Gasteiger partial charge in [0.05, 0.1) is 12.6 Å². The van der Waals surface area contributed by atoms with Gasteiger partial charge in [0.15, 0.2) is 0 Å². The van der Waals surface area contributed by atoms with Crippen molar-refractivity contribution in [1.29, 1.82) is 0 Å². The molecule has 0 saturated carbocycles. The number of benzene rings is 1. The monoisotopic (exact) mass is 242 g/mol. The summed E-state index contributed by atoms with van der Waals surface area (Å²) in [5.41, 5.74) is 9.30. The lowest BCUT2D eigenvalue weighted by Crippen LogP contribution is -2.14. The Labute approximate surface area is 108 Å². The summed E-state index contributed by atoms with van der Waals surface area (Å²) in [6.45, 7) is 4.53. The van der Waals surface area contributed by atoms with Gasteiger partial charge in [0, 0.05) is 11.8 Å². The highest BCUT2D eigenvalue weighted by molar-refractivity contribution is 5.35. The van der Waals surface area contributed by atoms with Crippen LogP contribution in [0.25, 0.3) is 0 Å². The minimum Gasteiger partial charge on any atom is -0.478 e. The molecule has 94 valence electrons. The van der Waals surface area contributed by atoms with Gasteiger partial charge in [0.1, 0.15) is 0 Å². The molecule has 0 fully saturated rings. The van der Waals surface area contributed by atoms with Crippen LogP contribution in [-0.2, 0) is 0 Å². The molecule has 0 aliphatic carbocycles. The van der Waals surface area contributed by atoms with Gasteiger partial charge in [0.25, 0.3) is 0 Å². The molecule has 1 unspecified atom stereocenters. The van der Waals surface area contributed by atoms with Crippen molar-refractivity contribution in [2.24, 2.45) is 5.73 Å². The van der Waals surface area contributed by atoms with Gasteiger partial charge in [-0.2, -0.15) is 0 Å². The average molecular weight is 242 g/mol. The topological polar surface area (TPSA) is 48.1 Å². The molecule has 2 rings (SSSR count). The number of nitrogens with zero attached hydrogens (tertiary/aromatic N) is 1. The van der Waals surface area contributed by atoms with Gasteiger partial charge < -0.3 is 10.5 Å². The summed E-state index contributed by atoms with van der Waals surface area (Å²) in [6.07, 6.45) is 0. The fraction of sp³-hybridized carbons (Fsp3) is 0.267. The summed E-state index contributed by atoms with van der Waals surface area (Å²) < 4.78 is 5.38. The molecule has 1 aromatic heterocycles. The Balaban J connectivity index is 2.28. The SMILES string of the molecule is CCOc1ccc(C(N)c2ccccc2)c(C)n1. The second kappa shape index (κ2) is 5.65. The van der Waals surface area contributed by atoms with Gasteiger partial charge in [0.2, 0.25) is 5.88 Å². The summed E-state index contributed by atoms with van der Waals surface area (Å²) in [6, 6.07) is 13.7. The van der Waals surface area contributed by atoms with Crippen molar-refractivity contribution in [3.63, 3.8) is 0 Å². The second-order valence-corrected chi connectivity index (χ2v) is 4.15. The van der Waals surface area contributed by atoms with E-state index in [-0.39, 0.29) is 6.04 Å². The van der Waals surface area contributed by atoms with Crippen molar-refractivity contribution in [3.05, 3.63) is 59.3 Å². The Hall–Kier alpha value is -1.87. The van der Waals surface area contributed by atoms with Crippen LogP contribution < -0.4 is 10.5 Å². The van der Waals surface area contributed by atoms with Gasteiger partial charge in [-0.15, -0.1) is 0 Å². The third-order valence-electron chi connectivity index (χ3n) is 2.89. The number of rotatable bonds is 4. The maximum Gasteiger partial charge on any atom is 0.213 e. The Morgan fingerprint density at radius 2 is 1.89 bits per heavy atom. The minimum absolute atomic E-state index is 0.144. The van der Waals surface area contributed by atoms with Crippen LogP contribution in [0.3, 0.4) is 0 Å². The van der Waals surface area contributed by atoms with Crippen molar-refractivity contribution in [3.8, 4) is 5.88 Å². The summed E-state index contributed by atoms with van der Waals surface area (Å²) in [5.74, 6) is 0.652. The second-order valence-electron chi connectivity index (χ2n) is 4.15. The molecule has 0 bridgehead atoms. The van der Waals surface area contributed by atoms with Gasteiger partial charge in [-0.05, 0) is 31.0 Å². The molecule has 1 heterocycles. The van der Waals surface area contributed by atoms with E-state index in [1.165, 1.54) is 0 Å². The van der Waals surface area contributed by atoms with Crippen LogP contribution in [0, 0.1) is 6.92 Å². The maximum absolute atomic E-state index is 6.26. The lowest BCUT2D eigenvalue weighted by molar-refractivity contribution is 0.326. The van der Waals surface area contributed by atoms with Crippen LogP contribution in [-0.4, -0.2) is 11.6 Å². The number of ether oxygens (including phenoxy) is 1. The fourth-order valence-electron chi connectivity index (χ4n) is 1.95. The lowest BCUT2D eigenvalue weighted by atomic mass is 9.99. The van der Waals surface area contributed by atoms with E-state index in [2.05, 4.69) is 4.98 Å². The van der Waals surface area contributed by atoms with E-state index >= 15 is 0 Å². The average Bonchev–Trinajstić information content (AvgIpc) is 2.40. The van der Waals surface area contributed by atoms with Crippen LogP contribution in [0.5, 0.6) is 5.88 Å². The summed E-state index contributed by atoms with van der Waals surface area (Å²) >= 11 is 0.